The molecule has 1 saturated heterocycles. The lowest BCUT2D eigenvalue weighted by molar-refractivity contribution is -0.118. The summed E-state index contributed by atoms with van der Waals surface area (Å²) >= 11 is 1.80. The number of fused-ring (bicyclic) bond motifs is 1. The normalized spacial score (nSPS) is 24.4. The molecule has 5 heteroatoms. The van der Waals surface area contributed by atoms with Crippen LogP contribution in [0.15, 0.2) is 23.7 Å². The number of Topliss-reactive ketones (excluding diaryl/α,β-unsaturated/α-hetero) is 1. The molecule has 2 fully saturated rings. The van der Waals surface area contributed by atoms with Crippen molar-refractivity contribution < 1.29 is 4.79 Å². The predicted molar refractivity (Wildman–Crippen MR) is 114 cm³/mol. The molecule has 0 radical (unpaired) electrons. The van der Waals surface area contributed by atoms with Crippen molar-refractivity contribution in [3.05, 3.63) is 23.7 Å². The van der Waals surface area contributed by atoms with Crippen LogP contribution < -0.4 is 4.90 Å². The third-order valence-corrected chi connectivity index (χ3v) is 7.31. The Bertz CT molecular complexity index is 758. The van der Waals surface area contributed by atoms with Gasteiger partial charge in [-0.1, -0.05) is 12.8 Å². The van der Waals surface area contributed by atoms with Crippen LogP contribution in [-0.2, 0) is 4.79 Å². The Hall–Kier alpha value is -1.46. The average molecular weight is 386 g/mol. The monoisotopic (exact) mass is 385 g/mol. The highest BCUT2D eigenvalue weighted by Crippen LogP contribution is 2.33. The van der Waals surface area contributed by atoms with Crippen molar-refractivity contribution in [3.8, 4) is 0 Å². The van der Waals surface area contributed by atoms with E-state index in [0.717, 1.165) is 44.3 Å². The highest BCUT2D eigenvalue weighted by atomic mass is 32.1. The molecule has 4 rings (SSSR count). The number of thiophene rings is 1. The van der Waals surface area contributed by atoms with Gasteiger partial charge in [0.1, 0.15) is 11.6 Å². The molecule has 2 aromatic rings. The largest absolute Gasteiger partial charge is 0.354 e. The van der Waals surface area contributed by atoms with Crippen molar-refractivity contribution >= 4 is 33.0 Å². The number of piperazine rings is 1. The smallest absolute Gasteiger partial charge is 0.137 e. The Balaban J connectivity index is 1.21. The third kappa shape index (κ3) is 4.69. The first-order chi connectivity index (χ1) is 13.2. The number of carbonyl (C=O) groups excluding carboxylic acids is 1. The lowest BCUT2D eigenvalue weighted by atomic mass is 9.78. The van der Waals surface area contributed by atoms with E-state index in [1.165, 1.54) is 48.7 Å². The number of ketones is 1. The van der Waals surface area contributed by atoms with E-state index in [-0.39, 0.29) is 0 Å². The molecule has 3 heterocycles. The fourth-order valence-corrected chi connectivity index (χ4v) is 5.59. The van der Waals surface area contributed by atoms with E-state index in [0.29, 0.717) is 11.7 Å². The summed E-state index contributed by atoms with van der Waals surface area (Å²) in [5.74, 6) is 3.06. The van der Waals surface area contributed by atoms with Crippen molar-refractivity contribution in [2.45, 2.75) is 45.4 Å². The summed E-state index contributed by atoms with van der Waals surface area (Å²) in [6.07, 6.45) is 9.24. The fraction of sp³-hybridized carbons (Fsp3) is 0.636. The van der Waals surface area contributed by atoms with Crippen molar-refractivity contribution in [1.29, 1.82) is 0 Å². The first-order valence-corrected chi connectivity index (χ1v) is 11.4. The predicted octanol–water partition coefficient (Wildman–Crippen LogP) is 4.59. The fourth-order valence-electron chi connectivity index (χ4n) is 4.81. The zero-order chi connectivity index (χ0) is 18.6. The number of rotatable bonds is 6. The summed E-state index contributed by atoms with van der Waals surface area (Å²) < 4.78 is 1.34. The van der Waals surface area contributed by atoms with Crippen molar-refractivity contribution in [1.82, 2.24) is 9.88 Å². The van der Waals surface area contributed by atoms with Gasteiger partial charge < -0.3 is 9.69 Å². The minimum Gasteiger partial charge on any atom is -0.354 e. The zero-order valence-corrected chi connectivity index (χ0v) is 17.2. The van der Waals surface area contributed by atoms with Crippen molar-refractivity contribution in [2.75, 3.05) is 37.6 Å². The van der Waals surface area contributed by atoms with Crippen molar-refractivity contribution in [3.63, 3.8) is 0 Å². The van der Waals surface area contributed by atoms with Gasteiger partial charge in [0.25, 0.3) is 0 Å². The molecule has 0 N–H and O–H groups in total. The van der Waals surface area contributed by atoms with E-state index in [4.69, 9.17) is 0 Å². The van der Waals surface area contributed by atoms with Gasteiger partial charge in [-0.25, -0.2) is 4.98 Å². The van der Waals surface area contributed by atoms with Crippen LogP contribution >= 0.6 is 11.3 Å². The van der Waals surface area contributed by atoms with Crippen LogP contribution in [0.3, 0.4) is 0 Å². The highest BCUT2D eigenvalue weighted by molar-refractivity contribution is 7.17. The van der Waals surface area contributed by atoms with Crippen LogP contribution in [0.4, 0.5) is 5.82 Å². The molecule has 0 amide bonds. The van der Waals surface area contributed by atoms with E-state index >= 15 is 0 Å². The number of anilines is 1. The number of hydrogen-bond donors (Lipinski definition) is 0. The Kier molecular flexibility index (Phi) is 6.08. The Labute approximate surface area is 166 Å². The lowest BCUT2D eigenvalue weighted by Crippen LogP contribution is -2.47. The Morgan fingerprint density at radius 3 is 2.59 bits per heavy atom. The van der Waals surface area contributed by atoms with Gasteiger partial charge in [0, 0.05) is 48.9 Å². The standard InChI is InChI=1S/C22H31N3OS/c1-17(26)16-19-4-2-18(3-5-19)7-10-24-11-13-25(14-12-24)22-20-8-15-27-21(20)6-9-23-22/h6,8-9,15,18-19H,2-5,7,10-14,16H2,1H3. The quantitative estimate of drug-likeness (QED) is 0.728. The van der Waals surface area contributed by atoms with E-state index in [2.05, 4.69) is 32.3 Å². The second-order valence-electron chi connectivity index (χ2n) is 8.38. The van der Waals surface area contributed by atoms with Crippen LogP contribution in [0.25, 0.3) is 10.1 Å². The molecule has 146 valence electrons. The molecule has 0 aromatic carbocycles. The number of aromatic nitrogens is 1. The Morgan fingerprint density at radius 1 is 1.11 bits per heavy atom. The van der Waals surface area contributed by atoms with Gasteiger partial charge in [-0.3, -0.25) is 4.90 Å². The van der Waals surface area contributed by atoms with Crippen LogP contribution in [0, 0.1) is 11.8 Å². The zero-order valence-electron chi connectivity index (χ0n) is 16.4. The first-order valence-electron chi connectivity index (χ1n) is 10.5. The second kappa shape index (κ2) is 8.70. The van der Waals surface area contributed by atoms with Gasteiger partial charge in [0.2, 0.25) is 0 Å². The third-order valence-electron chi connectivity index (χ3n) is 6.43. The molecule has 1 saturated carbocycles. The SMILES string of the molecule is CC(=O)CC1CCC(CCN2CCN(c3nccc4sccc34)CC2)CC1. The van der Waals surface area contributed by atoms with Gasteiger partial charge in [-0.05, 0) is 62.1 Å². The maximum Gasteiger partial charge on any atom is 0.137 e. The number of nitrogens with zero attached hydrogens (tertiary/aromatic N) is 3. The topological polar surface area (TPSA) is 36.4 Å². The van der Waals surface area contributed by atoms with Gasteiger partial charge in [-0.15, -0.1) is 11.3 Å². The molecule has 0 bridgehead atoms. The molecule has 4 nitrogen and oxygen atoms in total. The van der Waals surface area contributed by atoms with Crippen LogP contribution in [-0.4, -0.2) is 48.4 Å². The molecule has 0 spiro atoms. The maximum absolute atomic E-state index is 11.3. The molecule has 1 aliphatic heterocycles. The van der Waals surface area contributed by atoms with Crippen LogP contribution in [0.2, 0.25) is 0 Å². The second-order valence-corrected chi connectivity index (χ2v) is 9.32. The first kappa shape index (κ1) is 18.9. The van der Waals surface area contributed by atoms with Crippen LogP contribution in [0.1, 0.15) is 45.4 Å². The summed E-state index contributed by atoms with van der Waals surface area (Å²) in [4.78, 5) is 21.0. The summed E-state index contributed by atoms with van der Waals surface area (Å²) in [6.45, 7) is 7.40. The van der Waals surface area contributed by atoms with Gasteiger partial charge in [0.15, 0.2) is 0 Å². The summed E-state index contributed by atoms with van der Waals surface area (Å²) in [5, 5.41) is 3.47. The van der Waals surface area contributed by atoms with E-state index in [1.54, 1.807) is 18.3 Å². The Morgan fingerprint density at radius 2 is 1.85 bits per heavy atom. The molecular formula is C22H31N3OS. The molecule has 2 aromatic heterocycles. The maximum atomic E-state index is 11.3. The summed E-state index contributed by atoms with van der Waals surface area (Å²) in [6, 6.07) is 4.32. The highest BCUT2D eigenvalue weighted by Gasteiger charge is 2.24. The number of hydrogen-bond acceptors (Lipinski definition) is 5. The molecule has 27 heavy (non-hydrogen) atoms. The minimum absolute atomic E-state index is 0.365. The summed E-state index contributed by atoms with van der Waals surface area (Å²) in [7, 11) is 0. The average Bonchev–Trinajstić information content (AvgIpc) is 3.16. The van der Waals surface area contributed by atoms with Gasteiger partial charge in [0.05, 0.1) is 0 Å². The summed E-state index contributed by atoms with van der Waals surface area (Å²) in [5.41, 5.74) is 0. The molecule has 1 aliphatic carbocycles. The van der Waals surface area contributed by atoms with Crippen LogP contribution in [0.5, 0.6) is 0 Å². The molecule has 0 unspecified atom stereocenters. The number of carbonyl (C=O) groups is 1. The minimum atomic E-state index is 0.365. The molecule has 0 atom stereocenters. The molecular weight excluding hydrogens is 354 g/mol. The molecule has 2 aliphatic rings. The van der Waals surface area contributed by atoms with E-state index in [9.17, 15) is 4.79 Å². The van der Waals surface area contributed by atoms with Crippen molar-refractivity contribution in [2.24, 2.45) is 11.8 Å². The lowest BCUT2D eigenvalue weighted by Gasteiger charge is -2.37. The van der Waals surface area contributed by atoms with Gasteiger partial charge in [-0.2, -0.15) is 0 Å². The van der Waals surface area contributed by atoms with E-state index < -0.39 is 0 Å². The van der Waals surface area contributed by atoms with E-state index in [1.807, 2.05) is 6.20 Å². The number of pyridine rings is 1. The van der Waals surface area contributed by atoms with Gasteiger partial charge >= 0.3 is 0 Å².